The fraction of sp³-hybridized carbons (Fsp3) is 0.450. The summed E-state index contributed by atoms with van der Waals surface area (Å²) in [7, 11) is -4.02. The number of hydrogen-bond acceptors (Lipinski definition) is 5. The van der Waals surface area contributed by atoms with Gasteiger partial charge in [0.15, 0.2) is 0 Å². The maximum Gasteiger partial charge on any atom is 0.294 e. The van der Waals surface area contributed by atoms with Gasteiger partial charge in [0.25, 0.3) is 10.1 Å². The third-order valence-corrected chi connectivity index (χ3v) is 5.19. The van der Waals surface area contributed by atoms with Gasteiger partial charge in [-0.25, -0.2) is 4.98 Å². The SMILES string of the molecule is CC(C)CC(Oc1ccc(F)nc1)[C@@H]1CCN1.Cc1ccc(S(=O)(=O)O)cc1. The van der Waals surface area contributed by atoms with Crippen LogP contribution in [0, 0.1) is 18.8 Å². The predicted octanol–water partition coefficient (Wildman–Crippen LogP) is 3.62. The summed E-state index contributed by atoms with van der Waals surface area (Å²) in [5.74, 6) is 0.751. The summed E-state index contributed by atoms with van der Waals surface area (Å²) in [6, 6.07) is 9.37. The van der Waals surface area contributed by atoms with Gasteiger partial charge in [0, 0.05) is 6.04 Å². The highest BCUT2D eigenvalue weighted by Gasteiger charge is 2.29. The van der Waals surface area contributed by atoms with Gasteiger partial charge in [0.05, 0.1) is 11.1 Å². The molecule has 154 valence electrons. The van der Waals surface area contributed by atoms with Crippen LogP contribution < -0.4 is 10.1 Å². The molecule has 0 aliphatic carbocycles. The van der Waals surface area contributed by atoms with E-state index in [9.17, 15) is 12.8 Å². The fourth-order valence-electron chi connectivity index (χ4n) is 2.70. The maximum atomic E-state index is 12.7. The third kappa shape index (κ3) is 7.18. The average molecular weight is 411 g/mol. The van der Waals surface area contributed by atoms with Gasteiger partial charge >= 0.3 is 0 Å². The van der Waals surface area contributed by atoms with Gasteiger partial charge in [-0.15, -0.1) is 0 Å². The van der Waals surface area contributed by atoms with Crippen molar-refractivity contribution in [1.82, 2.24) is 10.3 Å². The van der Waals surface area contributed by atoms with Gasteiger partial charge < -0.3 is 10.1 Å². The van der Waals surface area contributed by atoms with E-state index in [4.69, 9.17) is 9.29 Å². The summed E-state index contributed by atoms with van der Waals surface area (Å²) >= 11 is 0. The summed E-state index contributed by atoms with van der Waals surface area (Å²) < 4.78 is 48.1. The minimum absolute atomic E-state index is 0.0666. The molecule has 2 heterocycles. The topological polar surface area (TPSA) is 88.5 Å². The Balaban J connectivity index is 0.000000221. The highest BCUT2D eigenvalue weighted by atomic mass is 32.2. The van der Waals surface area contributed by atoms with E-state index >= 15 is 0 Å². The van der Waals surface area contributed by atoms with E-state index in [1.54, 1.807) is 18.2 Å². The number of benzene rings is 1. The first kappa shape index (κ1) is 22.3. The Morgan fingerprint density at radius 2 is 1.89 bits per heavy atom. The van der Waals surface area contributed by atoms with E-state index in [0.29, 0.717) is 17.7 Å². The Morgan fingerprint density at radius 1 is 1.25 bits per heavy atom. The Hall–Kier alpha value is -2.03. The van der Waals surface area contributed by atoms with E-state index in [1.165, 1.54) is 24.4 Å². The van der Waals surface area contributed by atoms with Gasteiger partial charge in [-0.2, -0.15) is 12.8 Å². The first-order chi connectivity index (χ1) is 13.1. The monoisotopic (exact) mass is 410 g/mol. The molecule has 1 unspecified atom stereocenters. The fourth-order valence-corrected chi connectivity index (χ4v) is 3.18. The zero-order chi connectivity index (χ0) is 20.7. The lowest BCUT2D eigenvalue weighted by molar-refractivity contribution is 0.0979. The summed E-state index contributed by atoms with van der Waals surface area (Å²) in [6.45, 7) is 7.26. The minimum atomic E-state index is -4.02. The normalized spacial score (nSPS) is 17.3. The predicted molar refractivity (Wildman–Crippen MR) is 105 cm³/mol. The van der Waals surface area contributed by atoms with Crippen molar-refractivity contribution >= 4 is 10.1 Å². The molecule has 0 bridgehead atoms. The van der Waals surface area contributed by atoms with Crippen molar-refractivity contribution in [3.8, 4) is 5.75 Å². The van der Waals surface area contributed by atoms with Gasteiger partial charge in [-0.3, -0.25) is 4.55 Å². The molecule has 0 amide bonds. The molecule has 2 atom stereocenters. The van der Waals surface area contributed by atoms with Crippen molar-refractivity contribution in [2.75, 3.05) is 6.54 Å². The second kappa shape index (κ2) is 9.95. The second-order valence-electron chi connectivity index (χ2n) is 7.24. The van der Waals surface area contributed by atoms with Crippen molar-refractivity contribution < 1.29 is 22.1 Å². The summed E-state index contributed by atoms with van der Waals surface area (Å²) in [6.07, 6.45) is 3.73. The van der Waals surface area contributed by atoms with Crippen LogP contribution in [-0.4, -0.2) is 36.6 Å². The first-order valence-corrected chi connectivity index (χ1v) is 10.6. The summed E-state index contributed by atoms with van der Waals surface area (Å²) in [5, 5.41) is 3.36. The molecule has 8 heteroatoms. The number of rotatable bonds is 6. The molecule has 28 heavy (non-hydrogen) atoms. The molecule has 1 aromatic heterocycles. The molecular formula is C20H27FN2O4S. The Bertz CT molecular complexity index is 836. The van der Waals surface area contributed by atoms with Gasteiger partial charge in [0.1, 0.15) is 11.9 Å². The molecule has 1 aliphatic heterocycles. The quantitative estimate of drug-likeness (QED) is 0.559. The minimum Gasteiger partial charge on any atom is -0.487 e. The van der Waals surface area contributed by atoms with Crippen LogP contribution in [0.4, 0.5) is 4.39 Å². The van der Waals surface area contributed by atoms with E-state index in [-0.39, 0.29) is 11.0 Å². The summed E-state index contributed by atoms with van der Waals surface area (Å²) in [5.41, 5.74) is 0.956. The number of hydrogen-bond donors (Lipinski definition) is 2. The number of aromatic nitrogens is 1. The molecule has 0 saturated carbocycles. The Labute approximate surface area is 165 Å². The largest absolute Gasteiger partial charge is 0.487 e. The average Bonchev–Trinajstić information content (AvgIpc) is 2.55. The molecule has 1 fully saturated rings. The standard InChI is InChI=1S/C13H19FN2O.C7H8O3S/c1-9(2)7-12(11-5-6-15-11)17-10-3-4-13(14)16-8-10;1-6-2-4-7(5-3-6)11(8,9)10/h3-4,8-9,11-12,15H,5-7H2,1-2H3;2-5H,1H3,(H,8,9,10)/t11-,12?;/m0./s1. The number of halogens is 1. The van der Waals surface area contributed by atoms with Crippen LogP contribution in [0.5, 0.6) is 5.75 Å². The zero-order valence-corrected chi connectivity index (χ0v) is 17.1. The second-order valence-corrected chi connectivity index (χ2v) is 8.66. The van der Waals surface area contributed by atoms with Crippen molar-refractivity contribution in [2.45, 2.75) is 50.7 Å². The van der Waals surface area contributed by atoms with Crippen LogP contribution in [-0.2, 0) is 10.1 Å². The van der Waals surface area contributed by atoms with Crippen LogP contribution in [0.25, 0.3) is 0 Å². The van der Waals surface area contributed by atoms with Crippen molar-refractivity contribution in [2.24, 2.45) is 5.92 Å². The summed E-state index contributed by atoms with van der Waals surface area (Å²) in [4.78, 5) is 3.54. The van der Waals surface area contributed by atoms with E-state index in [0.717, 1.165) is 24.9 Å². The van der Waals surface area contributed by atoms with Crippen LogP contribution in [0.2, 0.25) is 0 Å². The highest BCUT2D eigenvalue weighted by molar-refractivity contribution is 7.85. The smallest absolute Gasteiger partial charge is 0.294 e. The number of aryl methyl sites for hydroxylation is 1. The number of nitrogens with zero attached hydrogens (tertiary/aromatic N) is 1. The molecule has 1 saturated heterocycles. The molecule has 1 aliphatic rings. The number of ether oxygens (including phenoxy) is 1. The van der Waals surface area contributed by atoms with E-state index in [2.05, 4.69) is 24.1 Å². The molecule has 0 radical (unpaired) electrons. The van der Waals surface area contributed by atoms with Gasteiger partial charge in [-0.1, -0.05) is 31.5 Å². The number of pyridine rings is 1. The van der Waals surface area contributed by atoms with Crippen LogP contribution in [0.1, 0.15) is 32.3 Å². The molecule has 3 rings (SSSR count). The molecule has 0 spiro atoms. The highest BCUT2D eigenvalue weighted by Crippen LogP contribution is 2.21. The van der Waals surface area contributed by atoms with Gasteiger partial charge in [-0.05, 0) is 56.5 Å². The lowest BCUT2D eigenvalue weighted by atomic mass is 9.93. The maximum absolute atomic E-state index is 12.7. The van der Waals surface area contributed by atoms with E-state index in [1.807, 2.05) is 6.92 Å². The zero-order valence-electron chi connectivity index (χ0n) is 16.3. The molecule has 2 N–H and O–H groups in total. The van der Waals surface area contributed by atoms with Crippen LogP contribution in [0.3, 0.4) is 0 Å². The third-order valence-electron chi connectivity index (χ3n) is 4.32. The first-order valence-electron chi connectivity index (χ1n) is 9.21. The van der Waals surface area contributed by atoms with Crippen molar-refractivity contribution in [1.29, 1.82) is 0 Å². The molecule has 6 nitrogen and oxygen atoms in total. The van der Waals surface area contributed by atoms with Crippen LogP contribution in [0.15, 0.2) is 47.5 Å². The Morgan fingerprint density at radius 3 is 2.32 bits per heavy atom. The van der Waals surface area contributed by atoms with E-state index < -0.39 is 16.1 Å². The lowest BCUT2D eigenvalue weighted by Gasteiger charge is -2.36. The van der Waals surface area contributed by atoms with Crippen LogP contribution >= 0.6 is 0 Å². The van der Waals surface area contributed by atoms with Crippen molar-refractivity contribution in [3.63, 3.8) is 0 Å². The Kier molecular flexibility index (Phi) is 7.91. The van der Waals surface area contributed by atoms with Gasteiger partial charge in [0.2, 0.25) is 5.95 Å². The molecular weight excluding hydrogens is 383 g/mol. The lowest BCUT2D eigenvalue weighted by Crippen LogP contribution is -2.53. The molecule has 2 aromatic rings. The number of nitrogens with one attached hydrogen (secondary N) is 1. The molecule has 1 aromatic carbocycles. The van der Waals surface area contributed by atoms with Crippen molar-refractivity contribution in [3.05, 3.63) is 54.1 Å².